The number of fused-ring (bicyclic) bond motifs is 1. The molecule has 0 saturated heterocycles. The Morgan fingerprint density at radius 1 is 1.33 bits per heavy atom. The van der Waals surface area contributed by atoms with Gasteiger partial charge in [-0.3, -0.25) is 9.59 Å². The minimum Gasteiger partial charge on any atom is -0.482 e. The molecule has 2 heterocycles. The smallest absolute Gasteiger partial charge is 0.283 e. The molecule has 2 amide bonds. The van der Waals surface area contributed by atoms with E-state index in [4.69, 9.17) is 4.74 Å². The highest BCUT2D eigenvalue weighted by Gasteiger charge is 2.23. The van der Waals surface area contributed by atoms with Gasteiger partial charge in [0.2, 0.25) is 0 Å². The number of carbonyl (C=O) groups excluding carboxylic acids is 2. The van der Waals surface area contributed by atoms with Crippen molar-refractivity contribution in [3.05, 3.63) is 42.0 Å². The molecule has 1 aliphatic heterocycles. The molecule has 0 radical (unpaired) electrons. The monoisotopic (exact) mass is 348 g/mol. The number of amides is 2. The third kappa shape index (κ3) is 3.18. The Morgan fingerprint density at radius 3 is 2.88 bits per heavy atom. The number of hydrogen-bond donors (Lipinski definition) is 2. The summed E-state index contributed by atoms with van der Waals surface area (Å²) >= 11 is 0. The number of aryl methyl sites for hydroxylation is 1. The number of nitrogens with zero attached hydrogens (tertiary/aromatic N) is 2. The predicted octanol–water partition coefficient (Wildman–Crippen LogP) is 0.235. The Labute approximate surface area is 137 Å². The van der Waals surface area contributed by atoms with E-state index in [2.05, 4.69) is 15.3 Å². The lowest BCUT2D eigenvalue weighted by molar-refractivity contribution is -0.118. The number of carbonyl (C=O) groups is 2. The van der Waals surface area contributed by atoms with E-state index in [9.17, 15) is 18.0 Å². The van der Waals surface area contributed by atoms with E-state index < -0.39 is 21.8 Å². The van der Waals surface area contributed by atoms with Gasteiger partial charge in [-0.1, -0.05) is 0 Å². The van der Waals surface area contributed by atoms with Crippen LogP contribution in [0.15, 0.2) is 35.4 Å². The van der Waals surface area contributed by atoms with Gasteiger partial charge < -0.3 is 10.1 Å². The molecule has 24 heavy (non-hydrogen) atoms. The Bertz CT molecular complexity index is 942. The van der Waals surface area contributed by atoms with Crippen molar-refractivity contribution < 1.29 is 22.7 Å². The van der Waals surface area contributed by atoms with Crippen LogP contribution in [0.2, 0.25) is 0 Å². The second-order valence-electron chi connectivity index (χ2n) is 4.92. The van der Waals surface area contributed by atoms with E-state index in [0.29, 0.717) is 11.6 Å². The van der Waals surface area contributed by atoms with Crippen LogP contribution < -0.4 is 14.8 Å². The highest BCUT2D eigenvalue weighted by Crippen LogP contribution is 2.29. The maximum absolute atomic E-state index is 12.3. The molecule has 0 unspecified atom stereocenters. The van der Waals surface area contributed by atoms with Crippen LogP contribution in [0, 0.1) is 6.92 Å². The van der Waals surface area contributed by atoms with Gasteiger partial charge in [0.05, 0.1) is 10.6 Å². The zero-order valence-electron chi connectivity index (χ0n) is 12.4. The number of rotatable bonds is 3. The average molecular weight is 348 g/mol. The fourth-order valence-corrected chi connectivity index (χ4v) is 3.03. The molecule has 0 atom stereocenters. The molecule has 10 heteroatoms. The van der Waals surface area contributed by atoms with Gasteiger partial charge >= 0.3 is 0 Å². The number of ether oxygens (including phenoxy) is 1. The van der Waals surface area contributed by atoms with E-state index in [1.807, 2.05) is 4.72 Å². The van der Waals surface area contributed by atoms with Gasteiger partial charge in [-0.2, -0.15) is 0 Å². The molecular formula is C14H12N4O5S. The molecule has 1 aliphatic rings. The molecular weight excluding hydrogens is 336 g/mol. The molecule has 0 aliphatic carbocycles. The lowest BCUT2D eigenvalue weighted by atomic mass is 10.2. The summed E-state index contributed by atoms with van der Waals surface area (Å²) < 4.78 is 31.8. The first-order valence-electron chi connectivity index (χ1n) is 6.79. The standard InChI is InChI=1S/C14H12N4O5S/c1-8-15-5-4-10(16-8)14(20)18-24(21,22)9-2-3-12-11(6-9)17-13(19)7-23-12/h2-6H,7H2,1H3,(H,17,19)(H,18,20). The molecule has 9 nitrogen and oxygen atoms in total. The summed E-state index contributed by atoms with van der Waals surface area (Å²) in [6, 6.07) is 5.20. The first-order chi connectivity index (χ1) is 11.3. The van der Waals surface area contributed by atoms with Crippen LogP contribution in [0.25, 0.3) is 0 Å². The van der Waals surface area contributed by atoms with Crippen molar-refractivity contribution in [1.29, 1.82) is 0 Å². The highest BCUT2D eigenvalue weighted by molar-refractivity contribution is 7.90. The molecule has 0 spiro atoms. The van der Waals surface area contributed by atoms with E-state index in [1.54, 1.807) is 6.92 Å². The number of aromatic nitrogens is 2. The third-order valence-electron chi connectivity index (χ3n) is 3.13. The molecule has 0 fully saturated rings. The zero-order valence-corrected chi connectivity index (χ0v) is 13.3. The van der Waals surface area contributed by atoms with Gasteiger partial charge in [0.15, 0.2) is 6.61 Å². The summed E-state index contributed by atoms with van der Waals surface area (Å²) in [6.45, 7) is 1.44. The summed E-state index contributed by atoms with van der Waals surface area (Å²) in [7, 11) is -4.14. The van der Waals surface area contributed by atoms with Crippen LogP contribution in [-0.2, 0) is 14.8 Å². The predicted molar refractivity (Wildman–Crippen MR) is 82.0 cm³/mol. The van der Waals surface area contributed by atoms with Gasteiger partial charge in [-0.05, 0) is 31.2 Å². The summed E-state index contributed by atoms with van der Waals surface area (Å²) in [4.78, 5) is 30.9. The second kappa shape index (κ2) is 5.89. The number of nitrogens with one attached hydrogen (secondary N) is 2. The Hall–Kier alpha value is -3.01. The maximum Gasteiger partial charge on any atom is 0.283 e. The lowest BCUT2D eigenvalue weighted by Crippen LogP contribution is -2.32. The molecule has 2 aromatic rings. The van der Waals surface area contributed by atoms with E-state index >= 15 is 0 Å². The number of hydrogen-bond acceptors (Lipinski definition) is 7. The number of sulfonamides is 1. The van der Waals surface area contributed by atoms with Crippen molar-refractivity contribution in [3.8, 4) is 5.75 Å². The van der Waals surface area contributed by atoms with Crippen molar-refractivity contribution in [2.24, 2.45) is 0 Å². The van der Waals surface area contributed by atoms with Gasteiger partial charge in [0, 0.05) is 6.20 Å². The van der Waals surface area contributed by atoms with Crippen LogP contribution in [-0.4, -0.2) is 36.8 Å². The van der Waals surface area contributed by atoms with Gasteiger partial charge in [-0.15, -0.1) is 0 Å². The van der Waals surface area contributed by atoms with Crippen molar-refractivity contribution in [2.45, 2.75) is 11.8 Å². The van der Waals surface area contributed by atoms with Crippen LogP contribution >= 0.6 is 0 Å². The van der Waals surface area contributed by atoms with Gasteiger partial charge in [0.25, 0.3) is 21.8 Å². The van der Waals surface area contributed by atoms with Crippen molar-refractivity contribution in [2.75, 3.05) is 11.9 Å². The van der Waals surface area contributed by atoms with Crippen LogP contribution in [0.3, 0.4) is 0 Å². The lowest BCUT2D eigenvalue weighted by Gasteiger charge is -2.18. The fraction of sp³-hybridized carbons (Fsp3) is 0.143. The van der Waals surface area contributed by atoms with Crippen LogP contribution in [0.1, 0.15) is 16.3 Å². The fourth-order valence-electron chi connectivity index (χ4n) is 2.05. The molecule has 124 valence electrons. The minimum absolute atomic E-state index is 0.0688. The second-order valence-corrected chi connectivity index (χ2v) is 6.60. The molecule has 0 bridgehead atoms. The topological polar surface area (TPSA) is 127 Å². The number of benzene rings is 1. The first-order valence-corrected chi connectivity index (χ1v) is 8.27. The molecule has 0 saturated carbocycles. The molecule has 2 N–H and O–H groups in total. The normalized spacial score (nSPS) is 13.5. The van der Waals surface area contributed by atoms with E-state index in [1.165, 1.54) is 30.5 Å². The Balaban J connectivity index is 1.87. The molecule has 3 rings (SSSR count). The Morgan fingerprint density at radius 2 is 2.12 bits per heavy atom. The van der Waals surface area contributed by atoms with Gasteiger partial charge in [0.1, 0.15) is 17.3 Å². The zero-order chi connectivity index (χ0) is 17.3. The SMILES string of the molecule is Cc1nccc(C(=O)NS(=O)(=O)c2ccc3c(c2)NC(=O)CO3)n1. The molecule has 1 aromatic heterocycles. The van der Waals surface area contributed by atoms with E-state index in [0.717, 1.165) is 0 Å². The average Bonchev–Trinajstić information content (AvgIpc) is 2.53. The van der Waals surface area contributed by atoms with Crippen molar-refractivity contribution in [3.63, 3.8) is 0 Å². The summed E-state index contributed by atoms with van der Waals surface area (Å²) in [5, 5.41) is 2.50. The quantitative estimate of drug-likeness (QED) is 0.813. The number of anilines is 1. The van der Waals surface area contributed by atoms with Crippen LogP contribution in [0.4, 0.5) is 5.69 Å². The van der Waals surface area contributed by atoms with E-state index in [-0.39, 0.29) is 22.9 Å². The third-order valence-corrected chi connectivity index (χ3v) is 4.46. The summed E-state index contributed by atoms with van der Waals surface area (Å²) in [5.41, 5.74) is 0.153. The Kier molecular flexibility index (Phi) is 3.89. The van der Waals surface area contributed by atoms with Crippen LogP contribution in [0.5, 0.6) is 5.75 Å². The van der Waals surface area contributed by atoms with Crippen molar-refractivity contribution in [1.82, 2.24) is 14.7 Å². The molecule has 1 aromatic carbocycles. The largest absolute Gasteiger partial charge is 0.482 e. The summed E-state index contributed by atoms with van der Waals surface area (Å²) in [5.74, 6) is -0.573. The highest BCUT2D eigenvalue weighted by atomic mass is 32.2. The first kappa shape index (κ1) is 15.9. The van der Waals surface area contributed by atoms with Crippen molar-refractivity contribution >= 4 is 27.5 Å². The van der Waals surface area contributed by atoms with Gasteiger partial charge in [-0.25, -0.2) is 23.1 Å². The minimum atomic E-state index is -4.14. The maximum atomic E-state index is 12.3. The summed E-state index contributed by atoms with van der Waals surface area (Å²) in [6.07, 6.45) is 1.36.